The molecule has 0 bridgehead atoms. The van der Waals surface area contributed by atoms with Gasteiger partial charge in [0, 0.05) is 25.8 Å². The Balaban J connectivity index is 1.70. The van der Waals surface area contributed by atoms with Crippen molar-refractivity contribution in [3.05, 3.63) is 45.2 Å². The number of unbranched alkanes of at least 4 members (excludes halogenated alkanes) is 1. The van der Waals surface area contributed by atoms with Gasteiger partial charge in [-0.25, -0.2) is 4.98 Å². The highest BCUT2D eigenvalue weighted by Crippen LogP contribution is 2.34. The molecule has 2 saturated heterocycles. The number of carbonyl (C=O) groups excluding carboxylic acids is 2. The number of carbonyl (C=O) groups is 2. The van der Waals surface area contributed by atoms with E-state index in [1.54, 1.807) is 36.2 Å². The van der Waals surface area contributed by atoms with Gasteiger partial charge >= 0.3 is 5.97 Å². The molecule has 0 spiro atoms. The lowest BCUT2D eigenvalue weighted by Crippen LogP contribution is -2.39. The van der Waals surface area contributed by atoms with Crippen LogP contribution in [0.5, 0.6) is 0 Å². The zero-order chi connectivity index (χ0) is 24.2. The van der Waals surface area contributed by atoms with Crippen LogP contribution in [-0.2, 0) is 14.3 Å². The summed E-state index contributed by atoms with van der Waals surface area (Å²) in [4.78, 5) is 47.5. The predicted octanol–water partition coefficient (Wildman–Crippen LogP) is 3.48. The molecule has 0 saturated carbocycles. The SMILES string of the molecule is CCCCN1C(=O)/C(=C/c2c(N3CCC(C(=O)OCC)CC3)nc3ccccn3c2=O)SC1=S. The summed E-state index contributed by atoms with van der Waals surface area (Å²) in [6.07, 6.45) is 6.36. The molecule has 0 aliphatic carbocycles. The topological polar surface area (TPSA) is 84.2 Å². The number of piperidine rings is 1. The number of thioether (sulfide) groups is 1. The number of ether oxygens (including phenoxy) is 1. The monoisotopic (exact) mass is 500 g/mol. The van der Waals surface area contributed by atoms with Crippen molar-refractivity contribution >= 4 is 57.7 Å². The van der Waals surface area contributed by atoms with Gasteiger partial charge in [0.15, 0.2) is 0 Å². The van der Waals surface area contributed by atoms with Crippen molar-refractivity contribution < 1.29 is 14.3 Å². The van der Waals surface area contributed by atoms with E-state index < -0.39 is 0 Å². The molecule has 4 heterocycles. The predicted molar refractivity (Wildman–Crippen MR) is 138 cm³/mol. The highest BCUT2D eigenvalue weighted by molar-refractivity contribution is 8.26. The Morgan fingerprint density at radius 1 is 1.26 bits per heavy atom. The molecule has 2 aliphatic rings. The number of hydrogen-bond acceptors (Lipinski definition) is 8. The van der Waals surface area contributed by atoms with Crippen LogP contribution in [-0.4, -0.2) is 56.7 Å². The van der Waals surface area contributed by atoms with Crippen molar-refractivity contribution in [1.82, 2.24) is 14.3 Å². The van der Waals surface area contributed by atoms with Gasteiger partial charge in [-0.05, 0) is 44.4 Å². The molecular weight excluding hydrogens is 472 g/mol. The summed E-state index contributed by atoms with van der Waals surface area (Å²) in [6.45, 7) is 5.93. The number of aromatic nitrogens is 2. The lowest BCUT2D eigenvalue weighted by Gasteiger charge is -2.32. The number of hydrogen-bond donors (Lipinski definition) is 0. The number of fused-ring (bicyclic) bond motifs is 1. The van der Waals surface area contributed by atoms with E-state index in [1.807, 2.05) is 11.0 Å². The summed E-state index contributed by atoms with van der Waals surface area (Å²) >= 11 is 6.64. The summed E-state index contributed by atoms with van der Waals surface area (Å²) in [5.41, 5.74) is 0.642. The molecule has 2 aliphatic heterocycles. The van der Waals surface area contributed by atoms with Crippen molar-refractivity contribution in [2.75, 3.05) is 31.1 Å². The number of pyridine rings is 1. The number of esters is 1. The Morgan fingerprint density at radius 3 is 2.74 bits per heavy atom. The van der Waals surface area contributed by atoms with E-state index in [1.165, 1.54) is 16.2 Å². The number of nitrogens with zero attached hydrogens (tertiary/aromatic N) is 4. The Labute approximate surface area is 208 Å². The third-order valence-corrected chi connectivity index (χ3v) is 7.43. The Bertz CT molecular complexity index is 1200. The second-order valence-electron chi connectivity index (χ2n) is 8.28. The summed E-state index contributed by atoms with van der Waals surface area (Å²) in [5.74, 6) is 0.0194. The maximum Gasteiger partial charge on any atom is 0.309 e. The lowest BCUT2D eigenvalue weighted by molar-refractivity contribution is -0.148. The Morgan fingerprint density at radius 2 is 2.03 bits per heavy atom. The maximum absolute atomic E-state index is 13.5. The van der Waals surface area contributed by atoms with Gasteiger partial charge in [0.25, 0.3) is 11.5 Å². The van der Waals surface area contributed by atoms with Gasteiger partial charge in [-0.2, -0.15) is 0 Å². The normalized spacial score (nSPS) is 18.4. The zero-order valence-corrected chi connectivity index (χ0v) is 21.0. The van der Waals surface area contributed by atoms with Gasteiger partial charge < -0.3 is 9.64 Å². The van der Waals surface area contributed by atoms with Crippen LogP contribution in [0, 0.1) is 5.92 Å². The number of anilines is 1. The molecule has 180 valence electrons. The number of amides is 1. The summed E-state index contributed by atoms with van der Waals surface area (Å²) in [7, 11) is 0. The first-order valence-electron chi connectivity index (χ1n) is 11.6. The molecule has 0 aromatic carbocycles. The molecule has 0 unspecified atom stereocenters. The first kappa shape index (κ1) is 24.4. The quantitative estimate of drug-likeness (QED) is 0.325. The smallest absolute Gasteiger partial charge is 0.309 e. The molecule has 0 N–H and O–H groups in total. The van der Waals surface area contributed by atoms with Crippen LogP contribution in [0.1, 0.15) is 45.1 Å². The molecule has 2 aromatic heterocycles. The molecule has 0 radical (unpaired) electrons. The zero-order valence-electron chi connectivity index (χ0n) is 19.4. The number of thiocarbonyl (C=S) groups is 1. The number of rotatable bonds is 7. The van der Waals surface area contributed by atoms with Gasteiger partial charge in [0.1, 0.15) is 15.8 Å². The molecule has 1 amide bonds. The third-order valence-electron chi connectivity index (χ3n) is 6.05. The van der Waals surface area contributed by atoms with E-state index >= 15 is 0 Å². The molecule has 0 atom stereocenters. The highest BCUT2D eigenvalue weighted by atomic mass is 32.2. The first-order chi connectivity index (χ1) is 16.4. The van der Waals surface area contributed by atoms with Gasteiger partial charge in [0.2, 0.25) is 0 Å². The molecule has 10 heteroatoms. The van der Waals surface area contributed by atoms with Gasteiger partial charge in [0.05, 0.1) is 23.0 Å². The third kappa shape index (κ3) is 4.88. The molecule has 2 fully saturated rings. The first-order valence-corrected chi connectivity index (χ1v) is 12.8. The van der Waals surface area contributed by atoms with E-state index in [0.717, 1.165) is 12.8 Å². The minimum atomic E-state index is -0.244. The minimum Gasteiger partial charge on any atom is -0.466 e. The molecule has 2 aromatic rings. The van der Waals surface area contributed by atoms with E-state index in [4.69, 9.17) is 21.9 Å². The van der Waals surface area contributed by atoms with Gasteiger partial charge in [-0.15, -0.1) is 0 Å². The van der Waals surface area contributed by atoms with Crippen LogP contribution in [0.3, 0.4) is 0 Å². The second-order valence-corrected chi connectivity index (χ2v) is 9.96. The fourth-order valence-corrected chi connectivity index (χ4v) is 5.48. The lowest BCUT2D eigenvalue weighted by atomic mass is 9.96. The second kappa shape index (κ2) is 10.7. The van der Waals surface area contributed by atoms with Crippen LogP contribution in [0.4, 0.5) is 5.82 Å². The van der Waals surface area contributed by atoms with Crippen LogP contribution in [0.25, 0.3) is 11.7 Å². The fraction of sp³-hybridized carbons (Fsp3) is 0.458. The van der Waals surface area contributed by atoms with Crippen molar-refractivity contribution in [3.63, 3.8) is 0 Å². The van der Waals surface area contributed by atoms with Crippen LogP contribution in [0.2, 0.25) is 0 Å². The van der Waals surface area contributed by atoms with Crippen LogP contribution < -0.4 is 10.5 Å². The molecule has 4 rings (SSSR count). The summed E-state index contributed by atoms with van der Waals surface area (Å²) < 4.78 is 7.17. The van der Waals surface area contributed by atoms with Crippen LogP contribution in [0.15, 0.2) is 34.1 Å². The van der Waals surface area contributed by atoms with E-state index in [2.05, 4.69) is 6.92 Å². The molecule has 34 heavy (non-hydrogen) atoms. The summed E-state index contributed by atoms with van der Waals surface area (Å²) in [5, 5.41) is 0. The molecule has 8 nitrogen and oxygen atoms in total. The van der Waals surface area contributed by atoms with Crippen molar-refractivity contribution in [3.8, 4) is 0 Å². The standard InChI is InChI=1S/C24H28N4O4S2/c1-3-5-11-28-22(30)18(34-24(28)33)15-17-20(25-19-8-6-7-12-27(19)21(17)29)26-13-9-16(10-14-26)23(31)32-4-2/h6-8,12,15-16H,3-5,9-11,13-14H2,1-2H3/b18-15-. The van der Waals surface area contributed by atoms with Crippen molar-refractivity contribution in [2.24, 2.45) is 5.92 Å². The van der Waals surface area contributed by atoms with E-state index in [-0.39, 0.29) is 23.4 Å². The largest absolute Gasteiger partial charge is 0.466 e. The fourth-order valence-electron chi connectivity index (χ4n) is 4.19. The average Bonchev–Trinajstić information content (AvgIpc) is 3.11. The minimum absolute atomic E-state index is 0.156. The van der Waals surface area contributed by atoms with Crippen LogP contribution >= 0.6 is 24.0 Å². The van der Waals surface area contributed by atoms with Crippen molar-refractivity contribution in [2.45, 2.75) is 39.5 Å². The highest BCUT2D eigenvalue weighted by Gasteiger charge is 2.33. The van der Waals surface area contributed by atoms with Gasteiger partial charge in [-0.1, -0.05) is 43.4 Å². The van der Waals surface area contributed by atoms with E-state index in [9.17, 15) is 14.4 Å². The maximum atomic E-state index is 13.5. The average molecular weight is 501 g/mol. The summed E-state index contributed by atoms with van der Waals surface area (Å²) in [6, 6.07) is 5.38. The molecular formula is C24H28N4O4S2. The van der Waals surface area contributed by atoms with E-state index in [0.29, 0.717) is 65.3 Å². The van der Waals surface area contributed by atoms with Gasteiger partial charge in [-0.3, -0.25) is 23.7 Å². The Hall–Kier alpha value is -2.72. The van der Waals surface area contributed by atoms with Crippen molar-refractivity contribution in [1.29, 1.82) is 0 Å². The Kier molecular flexibility index (Phi) is 7.67.